The van der Waals surface area contributed by atoms with E-state index in [2.05, 4.69) is 6.92 Å². The monoisotopic (exact) mass is 358 g/mol. The highest BCUT2D eigenvalue weighted by molar-refractivity contribution is 5.82. The molecule has 0 heterocycles. The van der Waals surface area contributed by atoms with Gasteiger partial charge in [-0.1, -0.05) is 19.9 Å². The molecule has 0 unspecified atom stereocenters. The highest BCUT2D eigenvalue weighted by Crippen LogP contribution is 2.59. The summed E-state index contributed by atoms with van der Waals surface area (Å²) in [6.07, 6.45) is 4.82. The molecule has 2 fully saturated rings. The second kappa shape index (κ2) is 7.05. The van der Waals surface area contributed by atoms with E-state index in [0.29, 0.717) is 12.2 Å². The number of carboxylic acids is 1. The lowest BCUT2D eigenvalue weighted by Gasteiger charge is -2.45. The van der Waals surface area contributed by atoms with Crippen molar-refractivity contribution >= 4 is 11.8 Å². The molecule has 142 valence electrons. The zero-order chi connectivity index (χ0) is 19.1. The number of aliphatic carboxylic acids is 1. The molecule has 5 atom stereocenters. The van der Waals surface area contributed by atoms with Crippen LogP contribution in [-0.4, -0.2) is 22.0 Å². The number of aryl methyl sites for hydroxylation is 2. The van der Waals surface area contributed by atoms with Gasteiger partial charge in [0.25, 0.3) is 0 Å². The Morgan fingerprint density at radius 2 is 2.08 bits per heavy atom. The quantitative estimate of drug-likeness (QED) is 0.820. The number of carbonyl (C=O) groups excluding carboxylic acids is 1. The Morgan fingerprint density at radius 1 is 1.35 bits per heavy atom. The molecule has 0 saturated heterocycles. The molecule has 2 aliphatic carbocycles. The van der Waals surface area contributed by atoms with Crippen molar-refractivity contribution in [2.75, 3.05) is 0 Å². The molecule has 0 bridgehead atoms. The van der Waals surface area contributed by atoms with Crippen LogP contribution in [0.3, 0.4) is 0 Å². The first-order valence-corrected chi connectivity index (χ1v) is 9.78. The van der Waals surface area contributed by atoms with Crippen LogP contribution >= 0.6 is 0 Å². The highest BCUT2D eigenvalue weighted by Gasteiger charge is 2.55. The zero-order valence-electron chi connectivity index (χ0n) is 16.0. The van der Waals surface area contributed by atoms with Gasteiger partial charge < -0.3 is 10.2 Å². The first-order valence-electron chi connectivity index (χ1n) is 9.78. The van der Waals surface area contributed by atoms with Crippen LogP contribution in [0.25, 0.3) is 0 Å². The number of carbonyl (C=O) groups is 2. The predicted octanol–water partition coefficient (Wildman–Crippen LogP) is 4.37. The van der Waals surface area contributed by atoms with Crippen molar-refractivity contribution in [3.63, 3.8) is 0 Å². The molecule has 26 heavy (non-hydrogen) atoms. The fourth-order valence-electron chi connectivity index (χ4n) is 5.72. The molecule has 4 heteroatoms. The van der Waals surface area contributed by atoms with E-state index in [0.717, 1.165) is 43.2 Å². The Balaban J connectivity index is 1.78. The maximum Gasteiger partial charge on any atom is 0.306 e. The molecular formula is C22H30O4. The number of phenols is 1. The van der Waals surface area contributed by atoms with Crippen LogP contribution in [0.1, 0.15) is 57.1 Å². The van der Waals surface area contributed by atoms with E-state index >= 15 is 0 Å². The zero-order valence-corrected chi connectivity index (χ0v) is 16.0. The average Bonchev–Trinajstić information content (AvgIpc) is 2.94. The molecule has 0 aliphatic heterocycles. The Morgan fingerprint density at radius 3 is 2.77 bits per heavy atom. The Kier molecular flexibility index (Phi) is 5.14. The SMILES string of the molecule is Cc1ccc(O)cc1CC[C@@H]1C(=O)CC[C@]2(C)[C@@H]([C@H](C)C(=O)O)CC[C@@H]12. The van der Waals surface area contributed by atoms with Crippen molar-refractivity contribution in [2.24, 2.45) is 29.1 Å². The topological polar surface area (TPSA) is 74.6 Å². The second-order valence-electron chi connectivity index (χ2n) is 8.65. The maximum atomic E-state index is 12.7. The highest BCUT2D eigenvalue weighted by atomic mass is 16.4. The summed E-state index contributed by atoms with van der Waals surface area (Å²) in [4.78, 5) is 24.2. The van der Waals surface area contributed by atoms with Gasteiger partial charge in [0.05, 0.1) is 5.92 Å². The Bertz CT molecular complexity index is 710. The van der Waals surface area contributed by atoms with E-state index in [1.54, 1.807) is 12.1 Å². The minimum Gasteiger partial charge on any atom is -0.508 e. The van der Waals surface area contributed by atoms with E-state index in [1.165, 1.54) is 0 Å². The first-order chi connectivity index (χ1) is 12.2. The summed E-state index contributed by atoms with van der Waals surface area (Å²) >= 11 is 0. The molecule has 2 saturated carbocycles. The molecule has 0 amide bonds. The molecule has 4 nitrogen and oxygen atoms in total. The number of rotatable bonds is 5. The smallest absolute Gasteiger partial charge is 0.306 e. The van der Waals surface area contributed by atoms with Crippen molar-refractivity contribution in [2.45, 2.75) is 59.3 Å². The molecule has 0 spiro atoms. The summed E-state index contributed by atoms with van der Waals surface area (Å²) in [7, 11) is 0. The van der Waals surface area contributed by atoms with Gasteiger partial charge in [-0.3, -0.25) is 9.59 Å². The molecular weight excluding hydrogens is 328 g/mol. The summed E-state index contributed by atoms with van der Waals surface area (Å²) in [5.74, 6) is -0.0128. The van der Waals surface area contributed by atoms with Crippen molar-refractivity contribution in [3.8, 4) is 5.75 Å². The number of hydrogen-bond acceptors (Lipinski definition) is 3. The van der Waals surface area contributed by atoms with E-state index in [4.69, 9.17) is 0 Å². The van der Waals surface area contributed by atoms with Crippen molar-refractivity contribution < 1.29 is 19.8 Å². The third-order valence-corrected chi connectivity index (χ3v) is 7.34. The van der Waals surface area contributed by atoms with Crippen LogP contribution in [0.4, 0.5) is 0 Å². The van der Waals surface area contributed by atoms with Gasteiger partial charge in [-0.25, -0.2) is 0 Å². The number of phenolic OH excluding ortho intramolecular Hbond substituents is 1. The molecule has 1 aromatic carbocycles. The van der Waals surface area contributed by atoms with Crippen molar-refractivity contribution in [1.29, 1.82) is 0 Å². The van der Waals surface area contributed by atoms with Crippen LogP contribution in [0, 0.1) is 36.0 Å². The third-order valence-electron chi connectivity index (χ3n) is 7.34. The Labute approximate surface area is 155 Å². The van der Waals surface area contributed by atoms with Crippen molar-refractivity contribution in [3.05, 3.63) is 29.3 Å². The number of hydrogen-bond donors (Lipinski definition) is 2. The van der Waals surface area contributed by atoms with E-state index in [1.807, 2.05) is 19.9 Å². The number of aromatic hydroxyl groups is 1. The summed E-state index contributed by atoms with van der Waals surface area (Å²) in [5.41, 5.74) is 2.18. The van der Waals surface area contributed by atoms with Gasteiger partial charge in [0.2, 0.25) is 0 Å². The fourth-order valence-corrected chi connectivity index (χ4v) is 5.72. The minimum atomic E-state index is -0.722. The van der Waals surface area contributed by atoms with Gasteiger partial charge in [-0.05, 0) is 79.5 Å². The number of carboxylic acid groups (broad SMARTS) is 1. The Hall–Kier alpha value is -1.84. The van der Waals surface area contributed by atoms with E-state index in [-0.39, 0.29) is 34.8 Å². The molecule has 2 N–H and O–H groups in total. The summed E-state index contributed by atoms with van der Waals surface area (Å²) in [6.45, 7) is 6.07. The number of ketones is 1. The lowest BCUT2D eigenvalue weighted by Crippen LogP contribution is -2.44. The minimum absolute atomic E-state index is 0.0153. The van der Waals surface area contributed by atoms with Crippen LogP contribution in [0.15, 0.2) is 18.2 Å². The van der Waals surface area contributed by atoms with Crippen LogP contribution in [-0.2, 0) is 16.0 Å². The van der Waals surface area contributed by atoms with E-state index < -0.39 is 5.97 Å². The van der Waals surface area contributed by atoms with Crippen molar-refractivity contribution in [1.82, 2.24) is 0 Å². The molecule has 0 radical (unpaired) electrons. The largest absolute Gasteiger partial charge is 0.508 e. The van der Waals surface area contributed by atoms with E-state index in [9.17, 15) is 19.8 Å². The number of benzene rings is 1. The van der Waals surface area contributed by atoms with Crippen LogP contribution in [0.5, 0.6) is 5.75 Å². The van der Waals surface area contributed by atoms with Gasteiger partial charge in [-0.15, -0.1) is 0 Å². The summed E-state index contributed by atoms with van der Waals surface area (Å²) in [6, 6.07) is 5.40. The van der Waals surface area contributed by atoms with Crippen LogP contribution < -0.4 is 0 Å². The molecule has 0 aromatic heterocycles. The molecule has 3 rings (SSSR count). The molecule has 1 aromatic rings. The second-order valence-corrected chi connectivity index (χ2v) is 8.65. The predicted molar refractivity (Wildman–Crippen MR) is 100 cm³/mol. The molecule has 2 aliphatic rings. The van der Waals surface area contributed by atoms with Gasteiger partial charge in [0.1, 0.15) is 11.5 Å². The standard InChI is InChI=1S/C22H30O4/c1-13-4-6-16(23)12-15(13)5-7-17-19-9-8-18(14(2)21(25)26)22(19,3)11-10-20(17)24/h4,6,12,14,17-19,23H,5,7-11H2,1-3H3,(H,25,26)/t14-,17-,18+,19-,22+/m0/s1. The van der Waals surface area contributed by atoms with Gasteiger partial charge in [0, 0.05) is 12.3 Å². The third kappa shape index (κ3) is 3.26. The number of fused-ring (bicyclic) bond motifs is 1. The number of Topliss-reactive ketones (excluding diaryl/α,β-unsaturated/α-hetero) is 1. The lowest BCUT2D eigenvalue weighted by atomic mass is 9.58. The lowest BCUT2D eigenvalue weighted by molar-refractivity contribution is -0.146. The van der Waals surface area contributed by atoms with Gasteiger partial charge in [-0.2, -0.15) is 0 Å². The first kappa shape index (κ1) is 18.9. The average molecular weight is 358 g/mol. The van der Waals surface area contributed by atoms with Gasteiger partial charge in [0.15, 0.2) is 0 Å². The maximum absolute atomic E-state index is 12.7. The normalized spacial score (nSPS) is 32.3. The summed E-state index contributed by atoms with van der Waals surface area (Å²) < 4.78 is 0. The summed E-state index contributed by atoms with van der Waals surface area (Å²) in [5, 5.41) is 19.2. The van der Waals surface area contributed by atoms with Gasteiger partial charge >= 0.3 is 5.97 Å². The van der Waals surface area contributed by atoms with Crippen LogP contribution in [0.2, 0.25) is 0 Å². The fraction of sp³-hybridized carbons (Fsp3) is 0.636.